The Hall–Kier alpha value is -0.450. The topological polar surface area (TPSA) is 36.4 Å². The normalized spacial score (nSPS) is 22.9. The van der Waals surface area contributed by atoms with Crippen LogP contribution in [-0.4, -0.2) is 33.7 Å². The Morgan fingerprint density at radius 3 is 2.84 bits per heavy atom. The molecule has 4 heteroatoms. The number of nitrogens with zero attached hydrogens (tertiary/aromatic N) is 2. The predicted octanol–water partition coefficient (Wildman–Crippen LogP) is 3.18. The molecule has 108 valence electrons. The summed E-state index contributed by atoms with van der Waals surface area (Å²) in [5.74, 6) is 0. The Kier molecular flexibility index (Phi) is 4.64. The van der Waals surface area contributed by atoms with Gasteiger partial charge >= 0.3 is 0 Å². The highest BCUT2D eigenvalue weighted by atomic mass is 32.1. The number of aliphatic hydroxyl groups excluding tert-OH is 1. The van der Waals surface area contributed by atoms with Crippen LogP contribution in [0.25, 0.3) is 0 Å². The molecule has 2 atom stereocenters. The van der Waals surface area contributed by atoms with E-state index in [1.165, 1.54) is 22.7 Å². The molecule has 0 bridgehead atoms. The van der Waals surface area contributed by atoms with E-state index >= 15 is 0 Å². The zero-order valence-electron chi connectivity index (χ0n) is 12.5. The molecule has 0 radical (unpaired) electrons. The van der Waals surface area contributed by atoms with Gasteiger partial charge in [0.05, 0.1) is 11.1 Å². The second-order valence-electron chi connectivity index (χ2n) is 6.73. The van der Waals surface area contributed by atoms with Crippen LogP contribution in [0.4, 0.5) is 0 Å². The van der Waals surface area contributed by atoms with E-state index in [1.807, 2.05) is 24.5 Å². The molecular weight excluding hydrogens is 256 g/mol. The Morgan fingerprint density at radius 2 is 2.26 bits per heavy atom. The van der Waals surface area contributed by atoms with E-state index < -0.39 is 0 Å². The minimum Gasteiger partial charge on any atom is -0.393 e. The molecule has 0 aromatic carbocycles. The van der Waals surface area contributed by atoms with Crippen LogP contribution in [0.15, 0.2) is 6.20 Å². The van der Waals surface area contributed by atoms with Gasteiger partial charge in [-0.15, -0.1) is 11.3 Å². The third kappa shape index (κ3) is 4.01. The van der Waals surface area contributed by atoms with Crippen LogP contribution in [0.3, 0.4) is 0 Å². The van der Waals surface area contributed by atoms with Gasteiger partial charge in [-0.3, -0.25) is 4.90 Å². The summed E-state index contributed by atoms with van der Waals surface area (Å²) in [5.41, 5.74) is 0.146. The average molecular weight is 282 g/mol. The van der Waals surface area contributed by atoms with Crippen molar-refractivity contribution in [3.63, 3.8) is 0 Å². The molecule has 1 aliphatic rings. The Labute approximate surface area is 120 Å². The molecule has 0 spiro atoms. The van der Waals surface area contributed by atoms with Crippen LogP contribution in [-0.2, 0) is 12.0 Å². The molecule has 1 fully saturated rings. The lowest BCUT2D eigenvalue weighted by atomic mass is 9.98. The Bertz CT molecular complexity index is 409. The van der Waals surface area contributed by atoms with Crippen molar-refractivity contribution in [2.75, 3.05) is 6.54 Å². The highest BCUT2D eigenvalue weighted by Crippen LogP contribution is 2.29. The lowest BCUT2D eigenvalue weighted by molar-refractivity contribution is 0.131. The highest BCUT2D eigenvalue weighted by molar-refractivity contribution is 7.11. The molecule has 19 heavy (non-hydrogen) atoms. The van der Waals surface area contributed by atoms with Gasteiger partial charge in [0.25, 0.3) is 0 Å². The fourth-order valence-corrected chi connectivity index (χ4v) is 3.69. The number of hydrogen-bond donors (Lipinski definition) is 1. The van der Waals surface area contributed by atoms with Crippen LogP contribution in [0.5, 0.6) is 0 Å². The second-order valence-corrected chi connectivity index (χ2v) is 7.85. The number of aromatic nitrogens is 1. The van der Waals surface area contributed by atoms with E-state index in [4.69, 9.17) is 0 Å². The average Bonchev–Trinajstić information content (AvgIpc) is 2.88. The SMILES string of the molecule is CC(O)CC1CCCN1Cc1cnc(C(C)(C)C)s1. The summed E-state index contributed by atoms with van der Waals surface area (Å²) in [6, 6.07) is 0.542. The molecule has 2 rings (SSSR count). The fourth-order valence-electron chi connectivity index (χ4n) is 2.69. The first-order valence-corrected chi connectivity index (χ1v) is 8.05. The van der Waals surface area contributed by atoms with Crippen LogP contribution >= 0.6 is 11.3 Å². The van der Waals surface area contributed by atoms with Crippen molar-refractivity contribution in [3.05, 3.63) is 16.1 Å². The summed E-state index contributed by atoms with van der Waals surface area (Å²) in [5, 5.41) is 10.8. The number of rotatable bonds is 4. The van der Waals surface area contributed by atoms with Crippen LogP contribution in [0.2, 0.25) is 0 Å². The van der Waals surface area contributed by atoms with Crippen molar-refractivity contribution in [1.82, 2.24) is 9.88 Å². The van der Waals surface area contributed by atoms with Gasteiger partial charge < -0.3 is 5.11 Å². The summed E-state index contributed by atoms with van der Waals surface area (Å²) in [6.45, 7) is 10.7. The Balaban J connectivity index is 1.98. The third-order valence-electron chi connectivity index (χ3n) is 3.67. The van der Waals surface area contributed by atoms with Gasteiger partial charge in [-0.25, -0.2) is 4.98 Å². The van der Waals surface area contributed by atoms with Crippen LogP contribution < -0.4 is 0 Å². The number of hydrogen-bond acceptors (Lipinski definition) is 4. The zero-order chi connectivity index (χ0) is 14.0. The summed E-state index contributed by atoms with van der Waals surface area (Å²) < 4.78 is 0. The van der Waals surface area contributed by atoms with E-state index in [1.54, 1.807) is 0 Å². The second kappa shape index (κ2) is 5.90. The van der Waals surface area contributed by atoms with Gasteiger partial charge in [0.1, 0.15) is 0 Å². The van der Waals surface area contributed by atoms with Crippen molar-refractivity contribution in [2.45, 2.75) is 71.1 Å². The van der Waals surface area contributed by atoms with E-state index in [-0.39, 0.29) is 11.5 Å². The molecule has 1 N–H and O–H groups in total. The number of likely N-dealkylation sites (tertiary alicyclic amines) is 1. The van der Waals surface area contributed by atoms with Gasteiger partial charge in [0.2, 0.25) is 0 Å². The molecule has 0 amide bonds. The number of thiazole rings is 1. The summed E-state index contributed by atoms with van der Waals surface area (Å²) in [6.07, 6.45) is 5.20. The standard InChI is InChI=1S/C15H26N2OS/c1-11(18)8-12-6-5-7-17(12)10-13-9-16-14(19-13)15(2,3)4/h9,11-12,18H,5-8,10H2,1-4H3. The Morgan fingerprint density at radius 1 is 1.53 bits per heavy atom. The molecule has 1 aromatic rings. The van der Waals surface area contributed by atoms with E-state index in [2.05, 4.69) is 30.7 Å². The van der Waals surface area contributed by atoms with Crippen molar-refractivity contribution < 1.29 is 5.11 Å². The van der Waals surface area contributed by atoms with Gasteiger partial charge in [-0.05, 0) is 32.7 Å². The maximum Gasteiger partial charge on any atom is 0.0981 e. The first kappa shape index (κ1) is 14.9. The van der Waals surface area contributed by atoms with Gasteiger partial charge in [0.15, 0.2) is 0 Å². The minimum absolute atomic E-state index is 0.146. The monoisotopic (exact) mass is 282 g/mol. The highest BCUT2D eigenvalue weighted by Gasteiger charge is 2.26. The third-order valence-corrected chi connectivity index (χ3v) is 5.07. The molecule has 1 saturated heterocycles. The van der Waals surface area contributed by atoms with Crippen molar-refractivity contribution in [1.29, 1.82) is 0 Å². The van der Waals surface area contributed by atoms with E-state index in [0.717, 1.165) is 19.5 Å². The van der Waals surface area contributed by atoms with E-state index in [9.17, 15) is 5.11 Å². The molecule has 0 saturated carbocycles. The summed E-state index contributed by atoms with van der Waals surface area (Å²) in [4.78, 5) is 8.41. The van der Waals surface area contributed by atoms with E-state index in [0.29, 0.717) is 6.04 Å². The van der Waals surface area contributed by atoms with Crippen molar-refractivity contribution in [3.8, 4) is 0 Å². The van der Waals surface area contributed by atoms with Gasteiger partial charge in [0, 0.05) is 29.1 Å². The lowest BCUT2D eigenvalue weighted by Crippen LogP contribution is -2.31. The molecular formula is C15H26N2OS. The van der Waals surface area contributed by atoms with Crippen LogP contribution in [0.1, 0.15) is 56.8 Å². The molecule has 0 aliphatic carbocycles. The summed E-state index contributed by atoms with van der Waals surface area (Å²) >= 11 is 1.83. The van der Waals surface area contributed by atoms with Crippen molar-refractivity contribution >= 4 is 11.3 Å². The molecule has 1 aliphatic heterocycles. The first-order valence-electron chi connectivity index (χ1n) is 7.23. The smallest absolute Gasteiger partial charge is 0.0981 e. The lowest BCUT2D eigenvalue weighted by Gasteiger charge is -2.24. The zero-order valence-corrected chi connectivity index (χ0v) is 13.3. The largest absolute Gasteiger partial charge is 0.393 e. The molecule has 1 aromatic heterocycles. The number of aliphatic hydroxyl groups is 1. The molecule has 2 heterocycles. The first-order chi connectivity index (χ1) is 8.86. The fraction of sp³-hybridized carbons (Fsp3) is 0.800. The molecule has 2 unspecified atom stereocenters. The maximum atomic E-state index is 9.57. The maximum absolute atomic E-state index is 9.57. The van der Waals surface area contributed by atoms with Crippen LogP contribution in [0, 0.1) is 0 Å². The van der Waals surface area contributed by atoms with Gasteiger partial charge in [-0.2, -0.15) is 0 Å². The predicted molar refractivity (Wildman–Crippen MR) is 80.5 cm³/mol. The van der Waals surface area contributed by atoms with Crippen molar-refractivity contribution in [2.24, 2.45) is 0 Å². The summed E-state index contributed by atoms with van der Waals surface area (Å²) in [7, 11) is 0. The molecule has 3 nitrogen and oxygen atoms in total. The van der Waals surface area contributed by atoms with Gasteiger partial charge in [-0.1, -0.05) is 20.8 Å². The quantitative estimate of drug-likeness (QED) is 0.921. The minimum atomic E-state index is -0.197.